The number of rotatable bonds is 4. The van der Waals surface area contributed by atoms with Crippen LogP contribution in [0.4, 0.5) is 16.2 Å². The third-order valence-corrected chi connectivity index (χ3v) is 3.85. The lowest BCUT2D eigenvalue weighted by molar-refractivity contribution is 0.102. The van der Waals surface area contributed by atoms with Crippen LogP contribution in [0, 0.1) is 0 Å². The molecule has 0 aromatic heterocycles. The van der Waals surface area contributed by atoms with Crippen molar-refractivity contribution in [3.05, 3.63) is 54.1 Å². The van der Waals surface area contributed by atoms with Crippen molar-refractivity contribution in [2.75, 3.05) is 30.4 Å². The van der Waals surface area contributed by atoms with Crippen molar-refractivity contribution in [1.82, 2.24) is 5.32 Å². The van der Waals surface area contributed by atoms with Crippen molar-refractivity contribution < 1.29 is 14.3 Å². The summed E-state index contributed by atoms with van der Waals surface area (Å²) in [7, 11) is 1.56. The van der Waals surface area contributed by atoms with Crippen LogP contribution in [0.15, 0.2) is 48.5 Å². The summed E-state index contributed by atoms with van der Waals surface area (Å²) in [5, 5.41) is 5.65. The second kappa shape index (κ2) is 7.04. The fraction of sp³-hybridized carbons (Fsp3) is 0.222. The van der Waals surface area contributed by atoms with Crippen LogP contribution in [0.1, 0.15) is 16.8 Å². The molecule has 6 nitrogen and oxygen atoms in total. The molecule has 3 rings (SSSR count). The Balaban J connectivity index is 1.69. The first-order valence-corrected chi connectivity index (χ1v) is 7.78. The zero-order valence-corrected chi connectivity index (χ0v) is 13.4. The van der Waals surface area contributed by atoms with Gasteiger partial charge < -0.3 is 15.4 Å². The van der Waals surface area contributed by atoms with Gasteiger partial charge in [0.1, 0.15) is 5.75 Å². The Bertz CT molecular complexity index is 743. The first-order chi connectivity index (χ1) is 11.7. The SMILES string of the molecule is COc1cccc(C(=O)Nc2ccc(N3CCCNC3=O)cc2)c1. The molecule has 1 aliphatic rings. The number of amides is 3. The van der Waals surface area contributed by atoms with E-state index in [1.807, 2.05) is 12.1 Å². The Morgan fingerprint density at radius 2 is 2.00 bits per heavy atom. The molecule has 2 aromatic carbocycles. The maximum Gasteiger partial charge on any atom is 0.321 e. The minimum absolute atomic E-state index is 0.0885. The second-order valence-electron chi connectivity index (χ2n) is 5.47. The predicted octanol–water partition coefficient (Wildman–Crippen LogP) is 2.87. The van der Waals surface area contributed by atoms with Crippen LogP contribution in [-0.2, 0) is 0 Å². The number of nitrogens with one attached hydrogen (secondary N) is 2. The molecule has 0 atom stereocenters. The standard InChI is InChI=1S/C18H19N3O3/c1-24-16-5-2-4-13(12-16)17(22)20-14-6-8-15(9-7-14)21-11-3-10-19-18(21)23/h2,4-9,12H,3,10-11H2,1H3,(H,19,23)(H,20,22). The number of methoxy groups -OCH3 is 1. The highest BCUT2D eigenvalue weighted by atomic mass is 16.5. The normalized spacial score (nSPS) is 14.0. The van der Waals surface area contributed by atoms with E-state index in [1.54, 1.807) is 48.4 Å². The summed E-state index contributed by atoms with van der Waals surface area (Å²) in [6.07, 6.45) is 0.917. The molecule has 1 aliphatic heterocycles. The molecule has 24 heavy (non-hydrogen) atoms. The monoisotopic (exact) mass is 325 g/mol. The van der Waals surface area contributed by atoms with Crippen LogP contribution in [0.5, 0.6) is 5.75 Å². The first kappa shape index (κ1) is 15.9. The highest BCUT2D eigenvalue weighted by Gasteiger charge is 2.18. The molecule has 0 saturated carbocycles. The fourth-order valence-electron chi connectivity index (χ4n) is 2.57. The van der Waals surface area contributed by atoms with Crippen LogP contribution >= 0.6 is 0 Å². The maximum atomic E-state index is 12.3. The molecule has 1 fully saturated rings. The highest BCUT2D eigenvalue weighted by molar-refractivity contribution is 6.04. The molecule has 2 aromatic rings. The molecule has 3 amide bonds. The summed E-state index contributed by atoms with van der Waals surface area (Å²) in [5.41, 5.74) is 2.00. The zero-order chi connectivity index (χ0) is 16.9. The highest BCUT2D eigenvalue weighted by Crippen LogP contribution is 2.21. The number of urea groups is 1. The lowest BCUT2D eigenvalue weighted by atomic mass is 10.2. The van der Waals surface area contributed by atoms with E-state index < -0.39 is 0 Å². The van der Waals surface area contributed by atoms with E-state index in [0.29, 0.717) is 30.1 Å². The van der Waals surface area contributed by atoms with Gasteiger partial charge in [0, 0.05) is 30.0 Å². The smallest absolute Gasteiger partial charge is 0.321 e. The summed E-state index contributed by atoms with van der Waals surface area (Å²) < 4.78 is 5.12. The number of carbonyl (C=O) groups is 2. The van der Waals surface area contributed by atoms with Gasteiger partial charge in [-0.3, -0.25) is 9.69 Å². The first-order valence-electron chi connectivity index (χ1n) is 7.78. The van der Waals surface area contributed by atoms with Crippen LogP contribution in [0.3, 0.4) is 0 Å². The van der Waals surface area contributed by atoms with Gasteiger partial charge in [0.05, 0.1) is 7.11 Å². The molecular formula is C18H19N3O3. The second-order valence-corrected chi connectivity index (χ2v) is 5.47. The third kappa shape index (κ3) is 3.48. The molecule has 0 unspecified atom stereocenters. The maximum absolute atomic E-state index is 12.3. The van der Waals surface area contributed by atoms with Crippen molar-refractivity contribution in [3.63, 3.8) is 0 Å². The van der Waals surface area contributed by atoms with Gasteiger partial charge in [-0.25, -0.2) is 4.79 Å². The van der Waals surface area contributed by atoms with Crippen LogP contribution in [0.25, 0.3) is 0 Å². The molecule has 1 heterocycles. The summed E-state index contributed by atoms with van der Waals surface area (Å²) in [5.74, 6) is 0.423. The van der Waals surface area contributed by atoms with E-state index in [4.69, 9.17) is 4.74 Å². The Morgan fingerprint density at radius 1 is 1.21 bits per heavy atom. The number of hydrogen-bond acceptors (Lipinski definition) is 3. The van der Waals surface area contributed by atoms with Crippen LogP contribution < -0.4 is 20.3 Å². The van der Waals surface area contributed by atoms with Gasteiger partial charge in [-0.05, 0) is 48.9 Å². The topological polar surface area (TPSA) is 70.7 Å². The van der Waals surface area contributed by atoms with E-state index in [-0.39, 0.29) is 11.9 Å². The summed E-state index contributed by atoms with van der Waals surface area (Å²) >= 11 is 0. The van der Waals surface area contributed by atoms with E-state index >= 15 is 0 Å². The average Bonchev–Trinajstić information content (AvgIpc) is 2.63. The van der Waals surface area contributed by atoms with Crippen molar-refractivity contribution >= 4 is 23.3 Å². The number of anilines is 2. The number of hydrogen-bond donors (Lipinski definition) is 2. The van der Waals surface area contributed by atoms with Gasteiger partial charge in [-0.1, -0.05) is 6.07 Å². The fourth-order valence-corrected chi connectivity index (χ4v) is 2.57. The molecule has 124 valence electrons. The van der Waals surface area contributed by atoms with Crippen LogP contribution in [0.2, 0.25) is 0 Å². The van der Waals surface area contributed by atoms with Crippen molar-refractivity contribution in [2.45, 2.75) is 6.42 Å². The van der Waals surface area contributed by atoms with Crippen molar-refractivity contribution in [2.24, 2.45) is 0 Å². The molecule has 0 bridgehead atoms. The van der Waals surface area contributed by atoms with E-state index in [0.717, 1.165) is 12.1 Å². The number of benzene rings is 2. The summed E-state index contributed by atoms with van der Waals surface area (Å²) in [6, 6.07) is 14.1. The van der Waals surface area contributed by atoms with Gasteiger partial charge >= 0.3 is 6.03 Å². The number of ether oxygens (including phenoxy) is 1. The van der Waals surface area contributed by atoms with E-state index in [1.165, 1.54) is 0 Å². The summed E-state index contributed by atoms with van der Waals surface area (Å²) in [4.78, 5) is 25.8. The molecule has 0 aliphatic carbocycles. The van der Waals surface area contributed by atoms with Gasteiger partial charge in [0.15, 0.2) is 0 Å². The summed E-state index contributed by atoms with van der Waals surface area (Å²) in [6.45, 7) is 1.41. The minimum Gasteiger partial charge on any atom is -0.497 e. The molecule has 6 heteroatoms. The molecular weight excluding hydrogens is 306 g/mol. The van der Waals surface area contributed by atoms with Crippen molar-refractivity contribution in [3.8, 4) is 5.75 Å². The Morgan fingerprint density at radius 3 is 2.71 bits per heavy atom. The molecule has 0 radical (unpaired) electrons. The largest absolute Gasteiger partial charge is 0.497 e. The van der Waals surface area contributed by atoms with E-state index in [2.05, 4.69) is 10.6 Å². The quantitative estimate of drug-likeness (QED) is 0.908. The molecule has 0 spiro atoms. The van der Waals surface area contributed by atoms with Crippen molar-refractivity contribution in [1.29, 1.82) is 0 Å². The van der Waals surface area contributed by atoms with Gasteiger partial charge in [-0.2, -0.15) is 0 Å². The third-order valence-electron chi connectivity index (χ3n) is 3.85. The lowest BCUT2D eigenvalue weighted by Gasteiger charge is -2.27. The molecule has 1 saturated heterocycles. The minimum atomic E-state index is -0.211. The lowest BCUT2D eigenvalue weighted by Crippen LogP contribution is -2.46. The Kier molecular flexibility index (Phi) is 4.65. The van der Waals surface area contributed by atoms with Gasteiger partial charge in [0.25, 0.3) is 5.91 Å². The van der Waals surface area contributed by atoms with E-state index in [9.17, 15) is 9.59 Å². The zero-order valence-electron chi connectivity index (χ0n) is 13.4. The predicted molar refractivity (Wildman–Crippen MR) is 92.8 cm³/mol. The van der Waals surface area contributed by atoms with Gasteiger partial charge in [-0.15, -0.1) is 0 Å². The Hall–Kier alpha value is -3.02. The number of carbonyl (C=O) groups excluding carboxylic acids is 2. The number of nitrogens with zero attached hydrogens (tertiary/aromatic N) is 1. The van der Waals surface area contributed by atoms with Gasteiger partial charge in [0.2, 0.25) is 0 Å². The van der Waals surface area contributed by atoms with Crippen LogP contribution in [-0.4, -0.2) is 32.1 Å². The average molecular weight is 325 g/mol. The Labute approximate surface area is 140 Å². The molecule has 2 N–H and O–H groups in total.